The number of amides is 1. The molecule has 1 saturated heterocycles. The molecule has 9 heteroatoms. The van der Waals surface area contributed by atoms with E-state index in [9.17, 15) is 13.2 Å². The summed E-state index contributed by atoms with van der Waals surface area (Å²) in [5, 5.41) is 16.9. The zero-order valence-corrected chi connectivity index (χ0v) is 17.7. The van der Waals surface area contributed by atoms with Crippen molar-refractivity contribution >= 4 is 21.7 Å². The molecule has 4 rings (SSSR count). The van der Waals surface area contributed by atoms with Crippen LogP contribution in [0.5, 0.6) is 0 Å². The van der Waals surface area contributed by atoms with E-state index in [1.54, 1.807) is 12.1 Å². The fourth-order valence-corrected chi connectivity index (χ4v) is 4.71. The second-order valence-corrected chi connectivity index (χ2v) is 9.60. The highest BCUT2D eigenvalue weighted by atomic mass is 32.2. The molecule has 0 radical (unpaired) electrons. The van der Waals surface area contributed by atoms with Gasteiger partial charge in [-0.2, -0.15) is 5.10 Å². The molecule has 1 aliphatic carbocycles. The Labute approximate surface area is 176 Å². The standard InChI is InChI=1S/C21H27N5O3S/c22-30(28,29)18-8-6-15(7-9-18)10-11-23-21(27)17-4-2-12-26(14-17)20-13-16-3-1-5-19(16)24-25-20/h6-9,13,17H,1-5,10-12,14H2,(H,23,27)(H2,22,28,29)/t17-/m1/s1. The molecule has 8 nitrogen and oxygen atoms in total. The summed E-state index contributed by atoms with van der Waals surface area (Å²) in [6.07, 6.45) is 5.66. The Morgan fingerprint density at radius 2 is 1.97 bits per heavy atom. The zero-order chi connectivity index (χ0) is 21.1. The van der Waals surface area contributed by atoms with Gasteiger partial charge in [0.15, 0.2) is 5.82 Å². The number of sulfonamides is 1. The Morgan fingerprint density at radius 1 is 1.17 bits per heavy atom. The first-order valence-corrected chi connectivity index (χ1v) is 11.9. The van der Waals surface area contributed by atoms with Crippen molar-refractivity contribution in [1.29, 1.82) is 0 Å². The smallest absolute Gasteiger partial charge is 0.238 e. The van der Waals surface area contributed by atoms with Crippen molar-refractivity contribution in [3.63, 3.8) is 0 Å². The molecule has 0 saturated carbocycles. The van der Waals surface area contributed by atoms with Gasteiger partial charge in [-0.1, -0.05) is 12.1 Å². The average molecular weight is 430 g/mol. The number of fused-ring (bicyclic) bond motifs is 1. The number of hydrogen-bond acceptors (Lipinski definition) is 6. The largest absolute Gasteiger partial charge is 0.355 e. The molecule has 0 unspecified atom stereocenters. The van der Waals surface area contributed by atoms with Crippen LogP contribution in [0.2, 0.25) is 0 Å². The Bertz CT molecular complexity index is 1020. The highest BCUT2D eigenvalue weighted by Gasteiger charge is 2.27. The third-order valence-electron chi connectivity index (χ3n) is 5.89. The minimum absolute atomic E-state index is 0.0509. The van der Waals surface area contributed by atoms with Crippen molar-refractivity contribution in [3.05, 3.63) is 47.2 Å². The van der Waals surface area contributed by atoms with Crippen molar-refractivity contribution in [2.75, 3.05) is 24.5 Å². The monoisotopic (exact) mass is 429 g/mol. The Hall–Kier alpha value is -2.52. The SMILES string of the molecule is NS(=O)(=O)c1ccc(CCNC(=O)[C@@H]2CCCN(c3cc4c(nn3)CCC4)C2)cc1. The van der Waals surface area contributed by atoms with Crippen molar-refractivity contribution < 1.29 is 13.2 Å². The highest BCUT2D eigenvalue weighted by Crippen LogP contribution is 2.26. The molecule has 0 bridgehead atoms. The number of aryl methyl sites for hydroxylation is 2. The summed E-state index contributed by atoms with van der Waals surface area (Å²) in [4.78, 5) is 14.9. The van der Waals surface area contributed by atoms with E-state index in [4.69, 9.17) is 5.14 Å². The van der Waals surface area contributed by atoms with E-state index >= 15 is 0 Å². The van der Waals surface area contributed by atoms with Crippen LogP contribution in [0.1, 0.15) is 36.1 Å². The molecular formula is C21H27N5O3S. The lowest BCUT2D eigenvalue weighted by molar-refractivity contribution is -0.125. The number of rotatable bonds is 6. The van der Waals surface area contributed by atoms with Gasteiger partial charge in [0.25, 0.3) is 0 Å². The Morgan fingerprint density at radius 3 is 2.73 bits per heavy atom. The number of aromatic nitrogens is 2. The molecule has 1 fully saturated rings. The van der Waals surface area contributed by atoms with Crippen LogP contribution in [0.15, 0.2) is 35.2 Å². The first-order valence-electron chi connectivity index (χ1n) is 10.4. The lowest BCUT2D eigenvalue weighted by atomic mass is 9.97. The molecular weight excluding hydrogens is 402 g/mol. The van der Waals surface area contributed by atoms with E-state index in [0.717, 1.165) is 55.7 Å². The van der Waals surface area contributed by atoms with E-state index in [-0.39, 0.29) is 16.7 Å². The van der Waals surface area contributed by atoms with E-state index in [0.29, 0.717) is 19.5 Å². The van der Waals surface area contributed by atoms with Gasteiger partial charge in [-0.15, -0.1) is 5.10 Å². The predicted octanol–water partition coefficient (Wildman–Crippen LogP) is 1.19. The van der Waals surface area contributed by atoms with Crippen molar-refractivity contribution in [2.24, 2.45) is 11.1 Å². The summed E-state index contributed by atoms with van der Waals surface area (Å²) in [6.45, 7) is 2.05. The lowest BCUT2D eigenvalue weighted by Gasteiger charge is -2.32. The number of nitrogens with zero attached hydrogens (tertiary/aromatic N) is 3. The quantitative estimate of drug-likeness (QED) is 0.712. The second-order valence-electron chi connectivity index (χ2n) is 8.04. The van der Waals surface area contributed by atoms with Gasteiger partial charge in [0.05, 0.1) is 16.5 Å². The molecule has 1 atom stereocenters. The van der Waals surface area contributed by atoms with Crippen LogP contribution in [0.4, 0.5) is 5.82 Å². The van der Waals surface area contributed by atoms with Gasteiger partial charge in [0.2, 0.25) is 15.9 Å². The summed E-state index contributed by atoms with van der Waals surface area (Å²) in [6, 6.07) is 8.56. The number of nitrogens with two attached hydrogens (primary N) is 1. The maximum absolute atomic E-state index is 12.7. The molecule has 2 aliphatic rings. The number of carbonyl (C=O) groups excluding carboxylic acids is 1. The van der Waals surface area contributed by atoms with E-state index in [1.165, 1.54) is 17.7 Å². The average Bonchev–Trinajstić information content (AvgIpc) is 3.21. The minimum Gasteiger partial charge on any atom is -0.355 e. The number of anilines is 1. The predicted molar refractivity (Wildman–Crippen MR) is 114 cm³/mol. The molecule has 0 spiro atoms. The summed E-state index contributed by atoms with van der Waals surface area (Å²) in [5.41, 5.74) is 3.35. The van der Waals surface area contributed by atoms with Gasteiger partial charge >= 0.3 is 0 Å². The van der Waals surface area contributed by atoms with E-state index in [2.05, 4.69) is 26.5 Å². The third-order valence-corrected chi connectivity index (χ3v) is 6.82. The molecule has 1 aromatic heterocycles. The van der Waals surface area contributed by atoms with Gasteiger partial charge in [0, 0.05) is 19.6 Å². The fraction of sp³-hybridized carbons (Fsp3) is 0.476. The van der Waals surface area contributed by atoms with Gasteiger partial charge in [-0.05, 0) is 67.9 Å². The van der Waals surface area contributed by atoms with E-state index in [1.807, 2.05) is 0 Å². The molecule has 30 heavy (non-hydrogen) atoms. The topological polar surface area (TPSA) is 118 Å². The van der Waals surface area contributed by atoms with Crippen LogP contribution in [0, 0.1) is 5.92 Å². The molecule has 2 aromatic rings. The van der Waals surface area contributed by atoms with Crippen LogP contribution in [0.3, 0.4) is 0 Å². The second kappa shape index (κ2) is 8.69. The van der Waals surface area contributed by atoms with Crippen molar-refractivity contribution in [1.82, 2.24) is 15.5 Å². The fourth-order valence-electron chi connectivity index (χ4n) is 4.19. The van der Waals surface area contributed by atoms with Crippen LogP contribution < -0.4 is 15.4 Å². The third kappa shape index (κ3) is 4.79. The first-order chi connectivity index (χ1) is 14.4. The number of carbonyl (C=O) groups is 1. The summed E-state index contributed by atoms with van der Waals surface area (Å²) < 4.78 is 22.6. The number of primary sulfonamides is 1. The van der Waals surface area contributed by atoms with E-state index < -0.39 is 10.0 Å². The molecule has 2 heterocycles. The summed E-state index contributed by atoms with van der Waals surface area (Å²) in [7, 11) is -3.68. The van der Waals surface area contributed by atoms with Crippen LogP contribution in [0.25, 0.3) is 0 Å². The normalized spacial score (nSPS) is 18.8. The number of piperidine rings is 1. The highest BCUT2D eigenvalue weighted by molar-refractivity contribution is 7.89. The summed E-state index contributed by atoms with van der Waals surface area (Å²) in [5.74, 6) is 0.858. The molecule has 3 N–H and O–H groups in total. The summed E-state index contributed by atoms with van der Waals surface area (Å²) >= 11 is 0. The van der Waals surface area contributed by atoms with Crippen LogP contribution in [-0.4, -0.2) is 44.2 Å². The molecule has 1 amide bonds. The van der Waals surface area contributed by atoms with Gasteiger partial charge < -0.3 is 10.2 Å². The molecule has 160 valence electrons. The van der Waals surface area contributed by atoms with Crippen molar-refractivity contribution in [3.8, 4) is 0 Å². The number of benzene rings is 1. The number of hydrogen-bond donors (Lipinski definition) is 2. The number of nitrogens with one attached hydrogen (secondary N) is 1. The van der Waals surface area contributed by atoms with Gasteiger partial charge in [-0.3, -0.25) is 4.79 Å². The minimum atomic E-state index is -3.68. The zero-order valence-electron chi connectivity index (χ0n) is 16.9. The van der Waals surface area contributed by atoms with Gasteiger partial charge in [-0.25, -0.2) is 13.6 Å². The van der Waals surface area contributed by atoms with Crippen LogP contribution >= 0.6 is 0 Å². The maximum Gasteiger partial charge on any atom is 0.238 e. The lowest BCUT2D eigenvalue weighted by Crippen LogP contribution is -2.44. The molecule has 1 aliphatic heterocycles. The first kappa shape index (κ1) is 20.7. The Kier molecular flexibility index (Phi) is 6.01. The van der Waals surface area contributed by atoms with Gasteiger partial charge in [0.1, 0.15) is 0 Å². The van der Waals surface area contributed by atoms with Crippen LogP contribution in [-0.2, 0) is 34.1 Å². The molecule has 1 aromatic carbocycles. The van der Waals surface area contributed by atoms with Crippen molar-refractivity contribution in [2.45, 2.75) is 43.4 Å². The Balaban J connectivity index is 1.29. The maximum atomic E-state index is 12.7.